The molecule has 0 radical (unpaired) electrons. The molecule has 1 aromatic rings. The first kappa shape index (κ1) is 20.8. The molecule has 2 atom stereocenters. The van der Waals surface area contributed by atoms with E-state index in [0.29, 0.717) is 22.9 Å². The van der Waals surface area contributed by atoms with Crippen LogP contribution in [-0.2, 0) is 0 Å². The van der Waals surface area contributed by atoms with Crippen molar-refractivity contribution in [3.05, 3.63) is 17.9 Å². The molecular weight excluding hydrogens is 404 g/mol. The summed E-state index contributed by atoms with van der Waals surface area (Å²) in [5.74, 6) is 0.561. The summed E-state index contributed by atoms with van der Waals surface area (Å²) >= 11 is 1.23. The van der Waals surface area contributed by atoms with E-state index in [0.717, 1.165) is 18.7 Å². The van der Waals surface area contributed by atoms with Gasteiger partial charge in [0.2, 0.25) is 0 Å². The van der Waals surface area contributed by atoms with Crippen LogP contribution in [0.25, 0.3) is 0 Å². The third kappa shape index (κ3) is 4.66. The van der Waals surface area contributed by atoms with Crippen LogP contribution in [0.4, 0.5) is 28.9 Å². The fourth-order valence-electron chi connectivity index (χ4n) is 4.06. The second kappa shape index (κ2) is 7.34. The van der Waals surface area contributed by atoms with E-state index < -0.39 is 18.0 Å². The average molecular weight is 431 g/mol. The zero-order valence-electron chi connectivity index (χ0n) is 16.7. The van der Waals surface area contributed by atoms with Crippen molar-refractivity contribution < 1.29 is 17.6 Å². The van der Waals surface area contributed by atoms with Crippen LogP contribution in [0, 0.1) is 11.7 Å². The predicted octanol–water partition coefficient (Wildman–Crippen LogP) is 5.16. The van der Waals surface area contributed by atoms with Crippen LogP contribution in [0.1, 0.15) is 46.5 Å². The molecule has 4 nitrogen and oxygen atoms in total. The molecule has 1 aliphatic carbocycles. The molecule has 160 valence electrons. The Morgan fingerprint density at radius 2 is 1.90 bits per heavy atom. The Labute approximate surface area is 172 Å². The molecule has 3 aliphatic rings. The Balaban J connectivity index is 1.69. The van der Waals surface area contributed by atoms with E-state index >= 15 is 0 Å². The van der Waals surface area contributed by atoms with Crippen LogP contribution >= 0.6 is 11.9 Å². The van der Waals surface area contributed by atoms with Crippen molar-refractivity contribution in [2.45, 2.75) is 75.1 Å². The van der Waals surface area contributed by atoms with Crippen molar-refractivity contribution in [3.63, 3.8) is 0 Å². The number of nitrogens with one attached hydrogen (secondary N) is 2. The molecule has 1 aromatic carbocycles. The van der Waals surface area contributed by atoms with Gasteiger partial charge < -0.3 is 14.9 Å². The van der Waals surface area contributed by atoms with Crippen molar-refractivity contribution in [1.82, 2.24) is 10.0 Å². The van der Waals surface area contributed by atoms with Crippen molar-refractivity contribution >= 4 is 29.2 Å². The van der Waals surface area contributed by atoms with Gasteiger partial charge in [-0.15, -0.1) is 0 Å². The average Bonchev–Trinajstić information content (AvgIpc) is 3.43. The van der Waals surface area contributed by atoms with Gasteiger partial charge in [0.15, 0.2) is 0 Å². The molecule has 2 fully saturated rings. The zero-order valence-corrected chi connectivity index (χ0v) is 17.6. The molecule has 0 aromatic heterocycles. The normalized spacial score (nSPS) is 25.3. The number of aliphatic imine (C=N–C) groups is 1. The number of piperidine rings is 1. The van der Waals surface area contributed by atoms with Crippen molar-refractivity contribution in [2.75, 3.05) is 11.4 Å². The smallest absolute Gasteiger partial charge is 0.358 e. The summed E-state index contributed by atoms with van der Waals surface area (Å²) in [5.41, 5.74) is 0.421. The van der Waals surface area contributed by atoms with Crippen molar-refractivity contribution in [1.29, 1.82) is 0 Å². The maximum absolute atomic E-state index is 14.3. The van der Waals surface area contributed by atoms with E-state index in [-0.39, 0.29) is 30.2 Å². The Morgan fingerprint density at radius 1 is 1.17 bits per heavy atom. The number of halogens is 4. The number of nitrogens with zero attached hydrogens (tertiary/aromatic N) is 2. The first-order valence-corrected chi connectivity index (χ1v) is 10.8. The van der Waals surface area contributed by atoms with E-state index in [9.17, 15) is 17.6 Å². The second-order valence-corrected chi connectivity index (χ2v) is 9.96. The number of benzene rings is 1. The van der Waals surface area contributed by atoms with E-state index in [1.165, 1.54) is 29.0 Å². The monoisotopic (exact) mass is 430 g/mol. The van der Waals surface area contributed by atoms with Gasteiger partial charge in [-0.1, -0.05) is 0 Å². The summed E-state index contributed by atoms with van der Waals surface area (Å²) < 4.78 is 59.5. The molecule has 9 heteroatoms. The summed E-state index contributed by atoms with van der Waals surface area (Å²) in [6.07, 6.45) is -1.89. The van der Waals surface area contributed by atoms with Crippen LogP contribution in [-0.4, -0.2) is 36.2 Å². The number of amidine groups is 1. The molecule has 0 spiro atoms. The highest BCUT2D eigenvalue weighted by Gasteiger charge is 2.48. The number of fused-ring (bicyclic) bond motifs is 1. The van der Waals surface area contributed by atoms with Gasteiger partial charge in [0.25, 0.3) is 0 Å². The van der Waals surface area contributed by atoms with Gasteiger partial charge in [-0.05, 0) is 70.5 Å². The quantitative estimate of drug-likeness (QED) is 0.513. The van der Waals surface area contributed by atoms with Crippen molar-refractivity contribution in [3.8, 4) is 0 Å². The molecule has 1 saturated carbocycles. The van der Waals surface area contributed by atoms with Gasteiger partial charge in [0, 0.05) is 24.0 Å². The predicted molar refractivity (Wildman–Crippen MR) is 108 cm³/mol. The van der Waals surface area contributed by atoms with Gasteiger partial charge in [-0.3, -0.25) is 0 Å². The molecule has 0 amide bonds. The number of rotatable bonds is 3. The van der Waals surface area contributed by atoms with Gasteiger partial charge >= 0.3 is 6.18 Å². The van der Waals surface area contributed by atoms with E-state index in [1.807, 2.05) is 20.8 Å². The minimum Gasteiger partial charge on any atom is -0.358 e. The summed E-state index contributed by atoms with van der Waals surface area (Å²) in [6.45, 7) is 6.04. The van der Waals surface area contributed by atoms with Gasteiger partial charge in [-0.2, -0.15) is 13.2 Å². The molecule has 2 N–H and O–H groups in total. The summed E-state index contributed by atoms with van der Waals surface area (Å²) in [7, 11) is 0. The van der Waals surface area contributed by atoms with Crippen LogP contribution in [0.15, 0.2) is 22.0 Å². The largest absolute Gasteiger partial charge is 0.408 e. The summed E-state index contributed by atoms with van der Waals surface area (Å²) in [6, 6.07) is 0.611. The van der Waals surface area contributed by atoms with Crippen LogP contribution in [0.2, 0.25) is 0 Å². The highest BCUT2D eigenvalue weighted by atomic mass is 32.2. The van der Waals surface area contributed by atoms with E-state index in [2.05, 4.69) is 15.0 Å². The Hall–Kier alpha value is -1.48. The lowest BCUT2D eigenvalue weighted by molar-refractivity contribution is -0.154. The second-order valence-electron chi connectivity index (χ2n) is 9.11. The Bertz CT molecular complexity index is 814. The first-order valence-electron chi connectivity index (χ1n) is 9.97. The van der Waals surface area contributed by atoms with Gasteiger partial charge in [0.1, 0.15) is 23.4 Å². The maximum Gasteiger partial charge on any atom is 0.408 e. The minimum atomic E-state index is -4.42. The zero-order chi connectivity index (χ0) is 21.0. The molecule has 4 rings (SSSR count). The lowest BCUT2D eigenvalue weighted by Crippen LogP contribution is -2.57. The van der Waals surface area contributed by atoms with Crippen LogP contribution in [0.5, 0.6) is 0 Å². The number of anilines is 1. The van der Waals surface area contributed by atoms with E-state index in [1.54, 1.807) is 0 Å². The number of alkyl halides is 3. The Kier molecular flexibility index (Phi) is 5.26. The minimum absolute atomic E-state index is 0.0728. The van der Waals surface area contributed by atoms with E-state index in [4.69, 9.17) is 0 Å². The Morgan fingerprint density at radius 3 is 2.52 bits per heavy atom. The molecule has 1 saturated heterocycles. The highest BCUT2D eigenvalue weighted by molar-refractivity contribution is 7.98. The lowest BCUT2D eigenvalue weighted by atomic mass is 9.93. The maximum atomic E-state index is 14.3. The molecule has 0 unspecified atom stereocenters. The lowest BCUT2D eigenvalue weighted by Gasteiger charge is -2.44. The molecule has 29 heavy (non-hydrogen) atoms. The third-order valence-electron chi connectivity index (χ3n) is 5.41. The summed E-state index contributed by atoms with van der Waals surface area (Å²) in [5, 5.41) is 3.29. The number of hydrogen-bond acceptors (Lipinski definition) is 5. The molecule has 2 aliphatic heterocycles. The fraction of sp³-hybridized carbons (Fsp3) is 0.650. The SMILES string of the molecule is CC(C)(C)N[C@H]1CCN(c2cc(F)cc3c2N=C(C2CC2)NS3)[C@H](C(F)(F)F)C1. The first-order chi connectivity index (χ1) is 13.5. The number of hydrogen-bond donors (Lipinski definition) is 2. The molecule has 0 bridgehead atoms. The van der Waals surface area contributed by atoms with Crippen LogP contribution < -0.4 is 14.9 Å². The fourth-order valence-corrected chi connectivity index (χ4v) is 4.90. The summed E-state index contributed by atoms with van der Waals surface area (Å²) in [4.78, 5) is 6.45. The molecule has 2 heterocycles. The highest BCUT2D eigenvalue weighted by Crippen LogP contribution is 2.46. The third-order valence-corrected chi connectivity index (χ3v) is 6.25. The van der Waals surface area contributed by atoms with Gasteiger partial charge in [-0.25, -0.2) is 9.38 Å². The van der Waals surface area contributed by atoms with Gasteiger partial charge in [0.05, 0.1) is 10.6 Å². The topological polar surface area (TPSA) is 39.7 Å². The molecular formula is C20H26F4N4S. The standard InChI is InChI=1S/C20H26F4N4S/c1-19(2,3)26-13-6-7-28(16(10-13)20(22,23)24)14-8-12(21)9-15-17(14)25-18(27-29-15)11-4-5-11/h8-9,11,13,16,26H,4-7,10H2,1-3H3,(H,25,27)/t13-,16-/m0/s1. The van der Waals surface area contributed by atoms with Crippen molar-refractivity contribution in [2.24, 2.45) is 10.9 Å². The van der Waals surface area contributed by atoms with Crippen LogP contribution in [0.3, 0.4) is 0 Å².